The molecule has 0 saturated carbocycles. The van der Waals surface area contributed by atoms with Crippen LogP contribution in [0.5, 0.6) is 0 Å². The first-order valence-electron chi connectivity index (χ1n) is 5.27. The molecule has 2 heteroatoms. The summed E-state index contributed by atoms with van der Waals surface area (Å²) in [4.78, 5) is 10.2. The zero-order valence-corrected chi connectivity index (χ0v) is 9.75. The van der Waals surface area contributed by atoms with Crippen molar-refractivity contribution >= 4 is 6.29 Å². The quantitative estimate of drug-likeness (QED) is 0.464. The van der Waals surface area contributed by atoms with Gasteiger partial charge in [-0.15, -0.1) is 0 Å². The minimum absolute atomic E-state index is 0.251. The van der Waals surface area contributed by atoms with Crippen LogP contribution in [0.3, 0.4) is 0 Å². The minimum Gasteiger partial charge on any atom is -0.381 e. The monoisotopic (exact) mass is 198 g/mol. The Kier molecular flexibility index (Phi) is 7.40. The Morgan fingerprint density at radius 1 is 1.50 bits per heavy atom. The second kappa shape index (κ2) is 7.74. The Bertz CT molecular complexity index is 185. The molecule has 0 aliphatic rings. The number of methoxy groups -OCH3 is 1. The normalized spacial score (nSPS) is 16.4. The maximum Gasteiger partial charge on any atom is 0.142 e. The van der Waals surface area contributed by atoms with E-state index in [2.05, 4.69) is 13.8 Å². The van der Waals surface area contributed by atoms with E-state index in [-0.39, 0.29) is 6.10 Å². The summed E-state index contributed by atoms with van der Waals surface area (Å²) in [5.41, 5.74) is 1.09. The largest absolute Gasteiger partial charge is 0.381 e. The van der Waals surface area contributed by atoms with Gasteiger partial charge in [-0.1, -0.05) is 25.8 Å². The highest BCUT2D eigenvalue weighted by atomic mass is 16.5. The Hall–Kier alpha value is -0.630. The fraction of sp³-hybridized carbons (Fsp3) is 0.750. The minimum atomic E-state index is 0.251. The third-order valence-electron chi connectivity index (χ3n) is 2.60. The lowest BCUT2D eigenvalue weighted by atomic mass is 9.97. The maximum absolute atomic E-state index is 10.2. The lowest BCUT2D eigenvalue weighted by Crippen LogP contribution is -2.15. The van der Waals surface area contributed by atoms with Crippen molar-refractivity contribution in [3.05, 3.63) is 11.6 Å². The van der Waals surface area contributed by atoms with Crippen molar-refractivity contribution in [2.75, 3.05) is 7.11 Å². The lowest BCUT2D eigenvalue weighted by molar-refractivity contribution is -0.104. The van der Waals surface area contributed by atoms with Crippen LogP contribution in [0.1, 0.15) is 40.0 Å². The van der Waals surface area contributed by atoms with E-state index in [0.29, 0.717) is 5.92 Å². The molecule has 0 aromatic rings. The zero-order chi connectivity index (χ0) is 11.0. The van der Waals surface area contributed by atoms with E-state index in [4.69, 9.17) is 4.74 Å². The van der Waals surface area contributed by atoms with Crippen LogP contribution in [0, 0.1) is 5.92 Å². The molecule has 0 saturated heterocycles. The Balaban J connectivity index is 4.02. The zero-order valence-electron chi connectivity index (χ0n) is 9.75. The van der Waals surface area contributed by atoms with Gasteiger partial charge in [0.2, 0.25) is 0 Å². The number of aldehydes is 1. The van der Waals surface area contributed by atoms with Gasteiger partial charge in [-0.25, -0.2) is 0 Å². The van der Waals surface area contributed by atoms with Crippen molar-refractivity contribution in [3.8, 4) is 0 Å². The van der Waals surface area contributed by atoms with Crippen molar-refractivity contribution in [1.82, 2.24) is 0 Å². The molecule has 0 heterocycles. The molecule has 0 radical (unpaired) electrons. The van der Waals surface area contributed by atoms with Crippen molar-refractivity contribution in [2.24, 2.45) is 5.92 Å². The van der Waals surface area contributed by atoms with Gasteiger partial charge < -0.3 is 4.74 Å². The first-order chi connectivity index (χ1) is 6.63. The molecule has 0 aromatic carbocycles. The molecule has 0 N–H and O–H groups in total. The Morgan fingerprint density at radius 2 is 2.14 bits per heavy atom. The summed E-state index contributed by atoms with van der Waals surface area (Å²) < 4.78 is 5.38. The van der Waals surface area contributed by atoms with E-state index in [1.54, 1.807) is 13.2 Å². The molecule has 0 bridgehead atoms. The van der Waals surface area contributed by atoms with Gasteiger partial charge in [0.1, 0.15) is 6.29 Å². The van der Waals surface area contributed by atoms with E-state index >= 15 is 0 Å². The standard InChI is InChI=1S/C12H22O2/c1-5-10(2)8-12(14-4)9-11(3)6-7-13/h6-7,10,12H,5,8-9H2,1-4H3/b11-6+. The predicted molar refractivity (Wildman–Crippen MR) is 59.3 cm³/mol. The molecule has 0 amide bonds. The Labute approximate surface area is 87.3 Å². The third-order valence-corrected chi connectivity index (χ3v) is 2.60. The highest BCUT2D eigenvalue weighted by molar-refractivity contribution is 5.65. The fourth-order valence-electron chi connectivity index (χ4n) is 1.42. The average molecular weight is 198 g/mol. The van der Waals surface area contributed by atoms with Crippen LogP contribution in [0.2, 0.25) is 0 Å². The van der Waals surface area contributed by atoms with Crippen molar-refractivity contribution < 1.29 is 9.53 Å². The van der Waals surface area contributed by atoms with Crippen LogP contribution in [-0.2, 0) is 9.53 Å². The van der Waals surface area contributed by atoms with E-state index in [0.717, 1.165) is 24.7 Å². The number of hydrogen-bond donors (Lipinski definition) is 0. The molecule has 14 heavy (non-hydrogen) atoms. The van der Waals surface area contributed by atoms with Crippen molar-refractivity contribution in [3.63, 3.8) is 0 Å². The van der Waals surface area contributed by atoms with E-state index in [1.165, 1.54) is 6.42 Å². The summed E-state index contributed by atoms with van der Waals surface area (Å²) in [5.74, 6) is 0.684. The molecule has 0 spiro atoms. The highest BCUT2D eigenvalue weighted by Gasteiger charge is 2.11. The molecule has 0 aromatic heterocycles. The maximum atomic E-state index is 10.2. The molecule has 2 nitrogen and oxygen atoms in total. The van der Waals surface area contributed by atoms with Gasteiger partial charge in [0.25, 0.3) is 0 Å². The molecule has 82 valence electrons. The number of carbonyl (C=O) groups is 1. The summed E-state index contributed by atoms with van der Waals surface area (Å²) in [7, 11) is 1.74. The van der Waals surface area contributed by atoms with Crippen molar-refractivity contribution in [2.45, 2.75) is 46.1 Å². The number of rotatable bonds is 7. The van der Waals surface area contributed by atoms with Crippen molar-refractivity contribution in [1.29, 1.82) is 0 Å². The van der Waals surface area contributed by atoms with Crippen LogP contribution >= 0.6 is 0 Å². The molecule has 0 aliphatic heterocycles. The molecule has 0 aliphatic carbocycles. The van der Waals surface area contributed by atoms with Gasteiger partial charge in [-0.3, -0.25) is 4.79 Å². The number of carbonyl (C=O) groups excluding carboxylic acids is 1. The molecule has 0 rings (SSSR count). The first-order valence-corrected chi connectivity index (χ1v) is 5.27. The third kappa shape index (κ3) is 5.92. The van der Waals surface area contributed by atoms with Crippen LogP contribution in [0.4, 0.5) is 0 Å². The number of hydrogen-bond acceptors (Lipinski definition) is 2. The number of allylic oxidation sites excluding steroid dienone is 1. The molecule has 0 fully saturated rings. The van der Waals surface area contributed by atoms with Gasteiger partial charge in [-0.2, -0.15) is 0 Å². The summed E-state index contributed by atoms with van der Waals surface area (Å²) in [6.07, 6.45) is 5.81. The number of ether oxygens (including phenoxy) is 1. The summed E-state index contributed by atoms with van der Waals surface area (Å²) >= 11 is 0. The molecule has 2 unspecified atom stereocenters. The van der Waals surface area contributed by atoms with Crippen LogP contribution in [0.25, 0.3) is 0 Å². The van der Waals surface area contributed by atoms with Crippen LogP contribution in [-0.4, -0.2) is 19.5 Å². The van der Waals surface area contributed by atoms with Gasteiger partial charge >= 0.3 is 0 Å². The van der Waals surface area contributed by atoms with Crippen LogP contribution < -0.4 is 0 Å². The molecular weight excluding hydrogens is 176 g/mol. The SMILES string of the molecule is CCC(C)CC(C/C(C)=C/C=O)OC. The summed E-state index contributed by atoms with van der Waals surface area (Å²) in [5, 5.41) is 0. The van der Waals surface area contributed by atoms with Gasteiger partial charge in [0, 0.05) is 7.11 Å². The van der Waals surface area contributed by atoms with E-state index in [9.17, 15) is 4.79 Å². The Morgan fingerprint density at radius 3 is 2.57 bits per heavy atom. The van der Waals surface area contributed by atoms with E-state index in [1.807, 2.05) is 6.92 Å². The van der Waals surface area contributed by atoms with Crippen LogP contribution in [0.15, 0.2) is 11.6 Å². The molecule has 2 atom stereocenters. The highest BCUT2D eigenvalue weighted by Crippen LogP contribution is 2.17. The average Bonchev–Trinajstić information content (AvgIpc) is 2.16. The van der Waals surface area contributed by atoms with Gasteiger partial charge in [0.05, 0.1) is 6.10 Å². The second-order valence-electron chi connectivity index (χ2n) is 3.96. The molecular formula is C12H22O2. The fourth-order valence-corrected chi connectivity index (χ4v) is 1.42. The first kappa shape index (κ1) is 13.4. The van der Waals surface area contributed by atoms with Gasteiger partial charge in [0.15, 0.2) is 0 Å². The van der Waals surface area contributed by atoms with E-state index < -0.39 is 0 Å². The topological polar surface area (TPSA) is 26.3 Å². The lowest BCUT2D eigenvalue weighted by Gasteiger charge is -2.18. The summed E-state index contributed by atoms with van der Waals surface area (Å²) in [6, 6.07) is 0. The smallest absolute Gasteiger partial charge is 0.142 e. The predicted octanol–water partition coefficient (Wildman–Crippen LogP) is 2.97. The summed E-state index contributed by atoms with van der Waals surface area (Å²) in [6.45, 7) is 6.38. The second-order valence-corrected chi connectivity index (χ2v) is 3.96. The van der Waals surface area contributed by atoms with Gasteiger partial charge in [-0.05, 0) is 31.8 Å².